The Morgan fingerprint density at radius 1 is 1.03 bits per heavy atom. The summed E-state index contributed by atoms with van der Waals surface area (Å²) in [5.74, 6) is 1.38. The van der Waals surface area contributed by atoms with Crippen LogP contribution < -0.4 is 10.6 Å². The first-order valence-corrected chi connectivity index (χ1v) is 14.5. The molecule has 1 saturated carbocycles. The molecule has 2 atom stereocenters. The van der Waals surface area contributed by atoms with Crippen LogP contribution in [0.4, 0.5) is 15.3 Å². The van der Waals surface area contributed by atoms with E-state index in [2.05, 4.69) is 47.6 Å². The number of piperazine rings is 1. The van der Waals surface area contributed by atoms with Crippen molar-refractivity contribution in [3.63, 3.8) is 0 Å². The number of nitrogens with zero attached hydrogens (tertiary/aromatic N) is 3. The first-order chi connectivity index (χ1) is 18.5. The average Bonchev–Trinajstić information content (AvgIpc) is 2.90. The number of anilines is 1. The van der Waals surface area contributed by atoms with E-state index in [1.165, 1.54) is 12.0 Å². The molecule has 1 heterocycles. The summed E-state index contributed by atoms with van der Waals surface area (Å²) < 4.78 is 0. The fourth-order valence-electron chi connectivity index (χ4n) is 6.49. The lowest BCUT2D eigenvalue weighted by atomic mass is 9.49. The van der Waals surface area contributed by atoms with Crippen LogP contribution in [0.5, 0.6) is 0 Å². The zero-order valence-corrected chi connectivity index (χ0v) is 24.3. The second-order valence-corrected chi connectivity index (χ2v) is 13.2. The van der Waals surface area contributed by atoms with E-state index in [1.54, 1.807) is 0 Å². The fourth-order valence-corrected chi connectivity index (χ4v) is 6.49. The van der Waals surface area contributed by atoms with Crippen LogP contribution in [-0.2, 0) is 0 Å². The molecule has 0 spiro atoms. The summed E-state index contributed by atoms with van der Waals surface area (Å²) in [7, 11) is 0. The van der Waals surface area contributed by atoms with E-state index in [1.807, 2.05) is 60.9 Å². The molecule has 2 N–H and O–H groups in total. The van der Waals surface area contributed by atoms with Crippen LogP contribution in [-0.4, -0.2) is 78.1 Å². The zero-order chi connectivity index (χ0) is 27.8. The van der Waals surface area contributed by atoms with Gasteiger partial charge in [0.05, 0.1) is 5.69 Å². The third-order valence-corrected chi connectivity index (χ3v) is 9.10. The Morgan fingerprint density at radius 3 is 2.44 bits per heavy atom. The molecule has 2 fully saturated rings. The van der Waals surface area contributed by atoms with Crippen molar-refractivity contribution in [3.05, 3.63) is 54.1 Å². The molecule has 2 bridgehead atoms. The number of amides is 4. The first-order valence-electron chi connectivity index (χ1n) is 14.5. The van der Waals surface area contributed by atoms with Crippen LogP contribution in [0.3, 0.4) is 0 Å². The van der Waals surface area contributed by atoms with E-state index in [0.29, 0.717) is 37.5 Å². The van der Waals surface area contributed by atoms with Crippen molar-refractivity contribution in [2.75, 3.05) is 51.1 Å². The van der Waals surface area contributed by atoms with Crippen molar-refractivity contribution in [2.24, 2.45) is 17.3 Å². The van der Waals surface area contributed by atoms with E-state index in [-0.39, 0.29) is 17.6 Å². The predicted octanol–water partition coefficient (Wildman–Crippen LogP) is 5.79. The smallest absolute Gasteiger partial charge is 0.321 e. The Balaban J connectivity index is 1.15. The van der Waals surface area contributed by atoms with Gasteiger partial charge in [0, 0.05) is 56.7 Å². The van der Waals surface area contributed by atoms with Gasteiger partial charge in [-0.15, -0.1) is 0 Å². The summed E-state index contributed by atoms with van der Waals surface area (Å²) >= 11 is 0. The number of allylic oxidation sites excluding steroid dienone is 1. The molecule has 1 aliphatic heterocycles. The van der Waals surface area contributed by atoms with E-state index >= 15 is 0 Å². The summed E-state index contributed by atoms with van der Waals surface area (Å²) in [6.45, 7) is 16.0. The van der Waals surface area contributed by atoms with E-state index in [9.17, 15) is 9.59 Å². The Bertz CT molecular complexity index is 1230. The minimum absolute atomic E-state index is 0.00996. The van der Waals surface area contributed by atoms with Gasteiger partial charge in [-0.25, -0.2) is 9.59 Å². The van der Waals surface area contributed by atoms with Crippen LogP contribution in [0, 0.1) is 17.3 Å². The lowest BCUT2D eigenvalue weighted by Gasteiger charge is -2.57. The van der Waals surface area contributed by atoms with E-state index < -0.39 is 0 Å². The van der Waals surface area contributed by atoms with Crippen molar-refractivity contribution >= 4 is 28.5 Å². The number of hydrogen-bond donors (Lipinski definition) is 2. The number of carbonyl (C=O) groups is 2. The Labute approximate surface area is 233 Å². The highest BCUT2D eigenvalue weighted by atomic mass is 16.2. The molecule has 7 nitrogen and oxygen atoms in total. The third kappa shape index (κ3) is 6.08. The maximum atomic E-state index is 13.3. The van der Waals surface area contributed by atoms with Gasteiger partial charge in [0.2, 0.25) is 0 Å². The summed E-state index contributed by atoms with van der Waals surface area (Å²) in [6.07, 6.45) is 4.79. The molecule has 210 valence electrons. The summed E-state index contributed by atoms with van der Waals surface area (Å²) in [5, 5.41) is 8.47. The normalized spacial score (nSPS) is 22.6. The lowest BCUT2D eigenvalue weighted by molar-refractivity contribution is -0.00988. The van der Waals surface area contributed by atoms with Gasteiger partial charge < -0.3 is 20.4 Å². The summed E-state index contributed by atoms with van der Waals surface area (Å²) in [5.41, 5.74) is 2.35. The molecule has 2 aromatic carbocycles. The standard InChI is InChI=1S/C32H45N5O2/c1-31(2,3)34-30(39)37(22-24-13-14-25-21-27(24)32(25,4)5)20-17-35-15-18-36(19-16-35)29(38)33-28-12-8-10-23-9-6-7-11-26(23)28/h6-13,25,27H,14-22H2,1-5H3,(H,33,38)(H,34,39). The van der Waals surface area contributed by atoms with Crippen molar-refractivity contribution in [2.45, 2.75) is 53.0 Å². The highest BCUT2D eigenvalue weighted by molar-refractivity contribution is 6.01. The van der Waals surface area contributed by atoms with Gasteiger partial charge >= 0.3 is 12.1 Å². The fraction of sp³-hybridized carbons (Fsp3) is 0.562. The van der Waals surface area contributed by atoms with Gasteiger partial charge in [-0.3, -0.25) is 4.90 Å². The number of nitrogens with one attached hydrogen (secondary N) is 2. The quantitative estimate of drug-likeness (QED) is 0.464. The van der Waals surface area contributed by atoms with E-state index in [0.717, 1.165) is 48.4 Å². The topological polar surface area (TPSA) is 67.9 Å². The van der Waals surface area contributed by atoms with Crippen molar-refractivity contribution < 1.29 is 9.59 Å². The average molecular weight is 532 g/mol. The highest BCUT2D eigenvalue weighted by Crippen LogP contribution is 2.59. The molecule has 6 rings (SSSR count). The van der Waals surface area contributed by atoms with Crippen LogP contribution in [0.25, 0.3) is 10.8 Å². The zero-order valence-electron chi connectivity index (χ0n) is 24.3. The van der Waals surface area contributed by atoms with Crippen LogP contribution in [0.2, 0.25) is 0 Å². The summed E-state index contributed by atoms with van der Waals surface area (Å²) in [6, 6.07) is 14.1. The molecule has 4 amide bonds. The molecule has 0 radical (unpaired) electrons. The van der Waals surface area contributed by atoms with Crippen molar-refractivity contribution in [3.8, 4) is 0 Å². The molecule has 4 aliphatic rings. The molecule has 0 aromatic heterocycles. The first kappa shape index (κ1) is 27.5. The van der Waals surface area contributed by atoms with Crippen LogP contribution >= 0.6 is 0 Å². The molecular formula is C32H45N5O2. The van der Waals surface area contributed by atoms with Gasteiger partial charge in [-0.1, -0.05) is 61.9 Å². The summed E-state index contributed by atoms with van der Waals surface area (Å²) in [4.78, 5) is 32.6. The Hall–Kier alpha value is -3.06. The molecule has 2 aromatic rings. The molecule has 39 heavy (non-hydrogen) atoms. The number of hydrogen-bond acceptors (Lipinski definition) is 3. The number of rotatable bonds is 6. The second kappa shape index (κ2) is 10.8. The molecule has 2 unspecified atom stereocenters. The van der Waals surface area contributed by atoms with Crippen LogP contribution in [0.15, 0.2) is 54.1 Å². The van der Waals surface area contributed by atoms with Gasteiger partial charge in [0.1, 0.15) is 0 Å². The largest absolute Gasteiger partial charge is 0.333 e. The van der Waals surface area contributed by atoms with Gasteiger partial charge in [-0.2, -0.15) is 0 Å². The highest BCUT2D eigenvalue weighted by Gasteiger charge is 2.51. The SMILES string of the molecule is CC(C)(C)NC(=O)N(CCN1CCN(C(=O)Nc2cccc3ccccc23)CC1)CC1=CCC2CC1C2(C)C. The predicted molar refractivity (Wildman–Crippen MR) is 159 cm³/mol. The van der Waals surface area contributed by atoms with Crippen molar-refractivity contribution in [1.29, 1.82) is 0 Å². The van der Waals surface area contributed by atoms with Gasteiger partial charge in [0.25, 0.3) is 0 Å². The monoisotopic (exact) mass is 531 g/mol. The minimum atomic E-state index is -0.278. The maximum Gasteiger partial charge on any atom is 0.321 e. The maximum absolute atomic E-state index is 13.3. The number of fused-ring (bicyclic) bond motifs is 2. The molecular weight excluding hydrogens is 486 g/mol. The number of benzene rings is 2. The molecule has 1 saturated heterocycles. The van der Waals surface area contributed by atoms with Gasteiger partial charge in [0.15, 0.2) is 0 Å². The minimum Gasteiger partial charge on any atom is -0.333 e. The van der Waals surface area contributed by atoms with Crippen LogP contribution in [0.1, 0.15) is 47.5 Å². The Kier molecular flexibility index (Phi) is 7.64. The van der Waals surface area contributed by atoms with Gasteiger partial charge in [-0.05, 0) is 62.3 Å². The number of carbonyl (C=O) groups excluding carboxylic acids is 2. The number of urea groups is 2. The Morgan fingerprint density at radius 2 is 1.74 bits per heavy atom. The third-order valence-electron chi connectivity index (χ3n) is 9.10. The lowest BCUT2D eigenvalue weighted by Crippen LogP contribution is -2.55. The van der Waals surface area contributed by atoms with Crippen molar-refractivity contribution in [1.82, 2.24) is 20.0 Å². The second-order valence-electron chi connectivity index (χ2n) is 13.2. The molecule has 7 heteroatoms. The molecule has 3 aliphatic carbocycles. The van der Waals surface area contributed by atoms with E-state index in [4.69, 9.17) is 0 Å².